The fourth-order valence-electron chi connectivity index (χ4n) is 0.588. The lowest BCUT2D eigenvalue weighted by molar-refractivity contribution is 0.652. The summed E-state index contributed by atoms with van der Waals surface area (Å²) in [7, 11) is 0. The molecule has 1 heteroatoms. The second-order valence-corrected chi connectivity index (χ2v) is 2.60. The predicted octanol–water partition coefficient (Wildman–Crippen LogP) is 3.19. The van der Waals surface area contributed by atoms with Crippen molar-refractivity contribution >= 4 is 6.21 Å². The molecule has 0 fully saturated rings. The van der Waals surface area contributed by atoms with Gasteiger partial charge < -0.3 is 0 Å². The van der Waals surface area contributed by atoms with Gasteiger partial charge in [-0.3, -0.25) is 4.99 Å². The van der Waals surface area contributed by atoms with E-state index in [1.807, 2.05) is 19.1 Å². The van der Waals surface area contributed by atoms with Crippen molar-refractivity contribution in [3.8, 4) is 0 Å². The summed E-state index contributed by atoms with van der Waals surface area (Å²) in [4.78, 5) is 4.18. The average Bonchev–Trinajstić information content (AvgIpc) is 2.03. The van der Waals surface area contributed by atoms with Gasteiger partial charge in [-0.15, -0.1) is 0 Å². The second kappa shape index (κ2) is 5.90. The van der Waals surface area contributed by atoms with Gasteiger partial charge in [0.25, 0.3) is 0 Å². The van der Waals surface area contributed by atoms with Gasteiger partial charge in [0.1, 0.15) is 0 Å². The summed E-state index contributed by atoms with van der Waals surface area (Å²) < 4.78 is 0. The lowest BCUT2D eigenvalue weighted by Crippen LogP contribution is -1.92. The van der Waals surface area contributed by atoms with Crippen molar-refractivity contribution in [2.24, 2.45) is 10.9 Å². The summed E-state index contributed by atoms with van der Waals surface area (Å²) >= 11 is 0. The Bertz CT molecular complexity index is 166. The minimum Gasteiger partial charge on any atom is -0.262 e. The molecule has 0 bridgehead atoms. The highest BCUT2D eigenvalue weighted by molar-refractivity contribution is 5.71. The Morgan fingerprint density at radius 2 is 2.27 bits per heavy atom. The van der Waals surface area contributed by atoms with E-state index in [0.29, 0.717) is 5.92 Å². The molecular weight excluding hydrogens is 134 g/mol. The molecule has 0 radical (unpaired) electrons. The maximum absolute atomic E-state index is 4.18. The van der Waals surface area contributed by atoms with E-state index in [1.54, 1.807) is 6.21 Å². The van der Waals surface area contributed by atoms with E-state index in [4.69, 9.17) is 0 Å². The number of rotatable bonds is 4. The third kappa shape index (κ3) is 4.54. The second-order valence-electron chi connectivity index (χ2n) is 2.60. The van der Waals surface area contributed by atoms with Gasteiger partial charge in [-0.05, 0) is 25.3 Å². The van der Waals surface area contributed by atoms with Gasteiger partial charge in [0.15, 0.2) is 0 Å². The Hall–Kier alpha value is -0.850. The molecule has 1 unspecified atom stereocenters. The first-order valence-corrected chi connectivity index (χ1v) is 4.06. The first-order valence-electron chi connectivity index (χ1n) is 4.06. The van der Waals surface area contributed by atoms with E-state index in [0.717, 1.165) is 12.1 Å². The Kier molecular flexibility index (Phi) is 5.44. The molecular formula is C10H17N. The van der Waals surface area contributed by atoms with Crippen LogP contribution in [-0.4, -0.2) is 6.21 Å². The van der Waals surface area contributed by atoms with Gasteiger partial charge in [0, 0.05) is 11.9 Å². The van der Waals surface area contributed by atoms with Gasteiger partial charge in [0.05, 0.1) is 0 Å². The van der Waals surface area contributed by atoms with Crippen molar-refractivity contribution in [3.05, 3.63) is 24.4 Å². The lowest BCUT2D eigenvalue weighted by Gasteiger charge is -2.05. The van der Waals surface area contributed by atoms with Crippen LogP contribution in [0.5, 0.6) is 0 Å². The molecule has 62 valence electrons. The Morgan fingerprint density at radius 1 is 1.64 bits per heavy atom. The van der Waals surface area contributed by atoms with Crippen LogP contribution in [0.15, 0.2) is 29.4 Å². The van der Waals surface area contributed by atoms with E-state index in [9.17, 15) is 0 Å². The van der Waals surface area contributed by atoms with Crippen molar-refractivity contribution in [2.45, 2.75) is 27.2 Å². The maximum Gasteiger partial charge on any atom is 0.0359 e. The molecule has 0 aromatic carbocycles. The average molecular weight is 151 g/mol. The minimum atomic E-state index is 0.497. The first-order chi connectivity index (χ1) is 5.22. The van der Waals surface area contributed by atoms with Crippen molar-refractivity contribution in [1.82, 2.24) is 0 Å². The zero-order valence-corrected chi connectivity index (χ0v) is 7.67. The van der Waals surface area contributed by atoms with Gasteiger partial charge in [-0.25, -0.2) is 0 Å². The van der Waals surface area contributed by atoms with Gasteiger partial charge in [-0.1, -0.05) is 26.5 Å². The van der Waals surface area contributed by atoms with Gasteiger partial charge in [0.2, 0.25) is 0 Å². The molecule has 0 saturated heterocycles. The summed E-state index contributed by atoms with van der Waals surface area (Å²) in [5.41, 5.74) is 0.964. The van der Waals surface area contributed by atoms with Gasteiger partial charge in [-0.2, -0.15) is 0 Å². The molecule has 0 spiro atoms. The highest BCUT2D eigenvalue weighted by atomic mass is 14.7. The van der Waals surface area contributed by atoms with E-state index >= 15 is 0 Å². The topological polar surface area (TPSA) is 12.4 Å². The van der Waals surface area contributed by atoms with Crippen LogP contribution in [-0.2, 0) is 0 Å². The quantitative estimate of drug-likeness (QED) is 0.547. The molecule has 1 nitrogen and oxygen atoms in total. The summed E-state index contributed by atoms with van der Waals surface area (Å²) in [6.45, 7) is 10.1. The number of allylic oxidation sites excluding steroid dienone is 3. The Labute approximate surface area is 69.5 Å². The Balaban J connectivity index is 3.86. The summed E-state index contributed by atoms with van der Waals surface area (Å²) in [5.74, 6) is 0.497. The van der Waals surface area contributed by atoms with Crippen LogP contribution >= 0.6 is 0 Å². The van der Waals surface area contributed by atoms with Crippen molar-refractivity contribution in [2.75, 3.05) is 0 Å². The monoisotopic (exact) mass is 151 g/mol. The molecule has 11 heavy (non-hydrogen) atoms. The van der Waals surface area contributed by atoms with Crippen molar-refractivity contribution < 1.29 is 0 Å². The largest absolute Gasteiger partial charge is 0.262 e. The number of nitrogens with zero attached hydrogens (tertiary/aromatic N) is 1. The lowest BCUT2D eigenvalue weighted by atomic mass is 10.1. The van der Waals surface area contributed by atoms with E-state index in [-0.39, 0.29) is 0 Å². The normalized spacial score (nSPS) is 14.5. The summed E-state index contributed by atoms with van der Waals surface area (Å²) in [6, 6.07) is 0. The molecule has 0 aromatic heterocycles. The number of hydrogen-bond donors (Lipinski definition) is 0. The van der Waals surface area contributed by atoms with E-state index in [1.165, 1.54) is 0 Å². The van der Waals surface area contributed by atoms with Crippen LogP contribution in [0, 0.1) is 5.92 Å². The Morgan fingerprint density at radius 3 is 2.73 bits per heavy atom. The van der Waals surface area contributed by atoms with Crippen molar-refractivity contribution in [1.29, 1.82) is 0 Å². The zero-order valence-electron chi connectivity index (χ0n) is 7.67. The fourth-order valence-corrected chi connectivity index (χ4v) is 0.588. The van der Waals surface area contributed by atoms with Crippen LogP contribution in [0.25, 0.3) is 0 Å². The van der Waals surface area contributed by atoms with Crippen LogP contribution in [0.4, 0.5) is 0 Å². The molecule has 0 amide bonds. The first kappa shape index (κ1) is 10.2. The molecule has 0 N–H and O–H groups in total. The zero-order chi connectivity index (χ0) is 8.69. The van der Waals surface area contributed by atoms with Crippen LogP contribution in [0.3, 0.4) is 0 Å². The van der Waals surface area contributed by atoms with Gasteiger partial charge >= 0.3 is 0 Å². The standard InChI is InChI=1S/C10H17N/c1-5-7-8-11-10(4)9(3)6-2/h5,7-9H,4,6H2,1-3H3/b7-5-,11-8?. The van der Waals surface area contributed by atoms with Crippen LogP contribution < -0.4 is 0 Å². The van der Waals surface area contributed by atoms with Crippen LogP contribution in [0.2, 0.25) is 0 Å². The predicted molar refractivity (Wildman–Crippen MR) is 51.9 cm³/mol. The molecule has 0 aromatic rings. The maximum atomic E-state index is 4.18. The number of aliphatic imine (C=N–C) groups is 1. The molecule has 0 aliphatic rings. The minimum absolute atomic E-state index is 0.497. The van der Waals surface area contributed by atoms with E-state index < -0.39 is 0 Å². The molecule has 0 heterocycles. The molecule has 0 saturated carbocycles. The third-order valence-electron chi connectivity index (χ3n) is 1.70. The molecule has 1 atom stereocenters. The fraction of sp³-hybridized carbons (Fsp3) is 0.500. The highest BCUT2D eigenvalue weighted by Crippen LogP contribution is 2.11. The third-order valence-corrected chi connectivity index (χ3v) is 1.70. The SMILES string of the molecule is C=C(N=C/C=C\C)C(C)CC. The molecule has 0 aliphatic heterocycles. The number of hydrogen-bond acceptors (Lipinski definition) is 1. The van der Waals surface area contributed by atoms with Crippen molar-refractivity contribution in [3.63, 3.8) is 0 Å². The summed E-state index contributed by atoms with van der Waals surface area (Å²) in [5, 5.41) is 0. The molecule has 0 aliphatic carbocycles. The highest BCUT2D eigenvalue weighted by Gasteiger charge is 1.99. The smallest absolute Gasteiger partial charge is 0.0359 e. The van der Waals surface area contributed by atoms with E-state index in [2.05, 4.69) is 25.4 Å². The van der Waals surface area contributed by atoms with Crippen LogP contribution in [0.1, 0.15) is 27.2 Å². The summed E-state index contributed by atoms with van der Waals surface area (Å²) in [6.07, 6.45) is 6.75. The molecule has 0 rings (SSSR count).